The van der Waals surface area contributed by atoms with Crippen molar-refractivity contribution in [2.75, 3.05) is 6.61 Å². The number of aromatic nitrogens is 3. The summed E-state index contributed by atoms with van der Waals surface area (Å²) in [5, 5.41) is 12.8. The highest BCUT2D eigenvalue weighted by Crippen LogP contribution is 2.23. The van der Waals surface area contributed by atoms with Gasteiger partial charge in [0.05, 0.1) is 6.10 Å². The van der Waals surface area contributed by atoms with Gasteiger partial charge in [0, 0.05) is 18.6 Å². The monoisotopic (exact) mass is 302 g/mol. The van der Waals surface area contributed by atoms with Crippen molar-refractivity contribution in [1.29, 1.82) is 0 Å². The molecule has 0 aromatic carbocycles. The number of hydrogen-bond donors (Lipinski definition) is 1. The third-order valence-corrected chi connectivity index (χ3v) is 4.11. The topological polar surface area (TPSA) is 100 Å². The Labute approximate surface area is 119 Å². The van der Waals surface area contributed by atoms with E-state index in [-0.39, 0.29) is 11.3 Å². The van der Waals surface area contributed by atoms with Crippen LogP contribution in [-0.4, -0.2) is 35.9 Å². The average molecular weight is 302 g/mol. The van der Waals surface area contributed by atoms with E-state index >= 15 is 0 Å². The Morgan fingerprint density at radius 3 is 2.60 bits per heavy atom. The van der Waals surface area contributed by atoms with Crippen LogP contribution in [0.15, 0.2) is 5.16 Å². The number of nitrogens with two attached hydrogens (primary N) is 1. The van der Waals surface area contributed by atoms with Crippen molar-refractivity contribution in [3.05, 3.63) is 5.82 Å². The Hall–Kier alpha value is -0.990. The van der Waals surface area contributed by atoms with Crippen LogP contribution >= 0.6 is 0 Å². The minimum atomic E-state index is -3.88. The molecule has 2 rings (SSSR count). The predicted octanol–water partition coefficient (Wildman–Crippen LogP) is 0.792. The molecule has 20 heavy (non-hydrogen) atoms. The third kappa shape index (κ3) is 3.36. The Balaban J connectivity index is 2.26. The van der Waals surface area contributed by atoms with E-state index in [1.165, 1.54) is 0 Å². The summed E-state index contributed by atoms with van der Waals surface area (Å²) in [5.41, 5.74) is -0.447. The maximum Gasteiger partial charge on any atom is 0.273 e. The summed E-state index contributed by atoms with van der Waals surface area (Å²) in [6.45, 7) is 6.51. The lowest BCUT2D eigenvalue weighted by molar-refractivity contribution is 0.103. The lowest BCUT2D eigenvalue weighted by atomic mass is 10.1. The van der Waals surface area contributed by atoms with Gasteiger partial charge in [-0.15, -0.1) is 10.2 Å². The van der Waals surface area contributed by atoms with Crippen molar-refractivity contribution in [2.24, 2.45) is 5.14 Å². The Morgan fingerprint density at radius 1 is 1.40 bits per heavy atom. The first-order chi connectivity index (χ1) is 9.19. The van der Waals surface area contributed by atoms with Gasteiger partial charge in [0.2, 0.25) is 0 Å². The van der Waals surface area contributed by atoms with E-state index < -0.39 is 15.6 Å². The van der Waals surface area contributed by atoms with Crippen LogP contribution in [0, 0.1) is 0 Å². The van der Waals surface area contributed by atoms with E-state index in [0.29, 0.717) is 12.2 Å². The normalized spacial score (nSPS) is 20.5. The fourth-order valence-electron chi connectivity index (χ4n) is 2.48. The van der Waals surface area contributed by atoms with Gasteiger partial charge in [0.15, 0.2) is 0 Å². The van der Waals surface area contributed by atoms with Gasteiger partial charge in [-0.2, -0.15) is 0 Å². The summed E-state index contributed by atoms with van der Waals surface area (Å²) >= 11 is 0. The number of nitrogens with zero attached hydrogens (tertiary/aromatic N) is 3. The molecule has 0 amide bonds. The van der Waals surface area contributed by atoms with Crippen molar-refractivity contribution >= 4 is 10.0 Å². The second-order valence-electron chi connectivity index (χ2n) is 6.12. The SMILES string of the molecule is CC(C)(C)n1c(CCC2CCCO2)nnc1S(N)(=O)=O. The van der Waals surface area contributed by atoms with Gasteiger partial charge in [-0.1, -0.05) is 0 Å². The van der Waals surface area contributed by atoms with Crippen LogP contribution in [-0.2, 0) is 26.7 Å². The van der Waals surface area contributed by atoms with E-state index in [1.54, 1.807) is 4.57 Å². The zero-order valence-corrected chi connectivity index (χ0v) is 13.0. The molecule has 0 bridgehead atoms. The number of ether oxygens (including phenoxy) is 1. The third-order valence-electron chi connectivity index (χ3n) is 3.34. The van der Waals surface area contributed by atoms with Crippen molar-refractivity contribution in [3.63, 3.8) is 0 Å². The Kier molecular flexibility index (Phi) is 4.17. The maximum absolute atomic E-state index is 11.6. The highest BCUT2D eigenvalue weighted by molar-refractivity contribution is 7.89. The van der Waals surface area contributed by atoms with Crippen LogP contribution in [0.4, 0.5) is 0 Å². The summed E-state index contributed by atoms with van der Waals surface area (Å²) in [6.07, 6.45) is 3.81. The summed E-state index contributed by atoms with van der Waals surface area (Å²) in [7, 11) is -3.88. The quantitative estimate of drug-likeness (QED) is 0.886. The largest absolute Gasteiger partial charge is 0.378 e. The van der Waals surface area contributed by atoms with Crippen molar-refractivity contribution < 1.29 is 13.2 Å². The van der Waals surface area contributed by atoms with Crippen LogP contribution in [0.5, 0.6) is 0 Å². The molecule has 2 N–H and O–H groups in total. The molecule has 1 aromatic heterocycles. The van der Waals surface area contributed by atoms with Crippen LogP contribution in [0.25, 0.3) is 0 Å². The van der Waals surface area contributed by atoms with Crippen LogP contribution in [0.1, 0.15) is 45.9 Å². The molecule has 114 valence electrons. The summed E-state index contributed by atoms with van der Waals surface area (Å²) in [5.74, 6) is 0.636. The molecule has 1 fully saturated rings. The van der Waals surface area contributed by atoms with Crippen molar-refractivity contribution in [1.82, 2.24) is 14.8 Å². The molecule has 1 saturated heterocycles. The highest BCUT2D eigenvalue weighted by atomic mass is 32.2. The van der Waals surface area contributed by atoms with E-state index in [9.17, 15) is 8.42 Å². The molecule has 1 aliphatic rings. The van der Waals surface area contributed by atoms with Crippen LogP contribution in [0.2, 0.25) is 0 Å². The van der Waals surface area contributed by atoms with E-state index in [1.807, 2.05) is 20.8 Å². The fourth-order valence-corrected chi connectivity index (χ4v) is 3.27. The first-order valence-corrected chi connectivity index (χ1v) is 8.33. The number of aryl methyl sites for hydroxylation is 1. The van der Waals surface area contributed by atoms with Gasteiger partial charge in [-0.25, -0.2) is 13.6 Å². The van der Waals surface area contributed by atoms with Gasteiger partial charge in [0.25, 0.3) is 15.2 Å². The molecule has 1 unspecified atom stereocenters. The molecular formula is C12H22N4O3S. The molecule has 0 radical (unpaired) electrons. The van der Waals surface area contributed by atoms with E-state index in [4.69, 9.17) is 9.88 Å². The molecule has 1 aliphatic heterocycles. The first-order valence-electron chi connectivity index (χ1n) is 6.79. The van der Waals surface area contributed by atoms with Crippen LogP contribution < -0.4 is 5.14 Å². The first kappa shape index (κ1) is 15.4. The van der Waals surface area contributed by atoms with Crippen molar-refractivity contribution in [3.8, 4) is 0 Å². The zero-order chi connectivity index (χ0) is 15.0. The van der Waals surface area contributed by atoms with Gasteiger partial charge >= 0.3 is 0 Å². The zero-order valence-electron chi connectivity index (χ0n) is 12.2. The molecule has 2 heterocycles. The van der Waals surface area contributed by atoms with Gasteiger partial charge < -0.3 is 4.74 Å². The van der Waals surface area contributed by atoms with Crippen LogP contribution in [0.3, 0.4) is 0 Å². The fraction of sp³-hybridized carbons (Fsp3) is 0.833. The minimum Gasteiger partial charge on any atom is -0.378 e. The average Bonchev–Trinajstić information content (AvgIpc) is 2.93. The maximum atomic E-state index is 11.6. The number of primary sulfonamides is 1. The summed E-state index contributed by atoms with van der Waals surface area (Å²) in [6, 6.07) is 0. The predicted molar refractivity (Wildman–Crippen MR) is 73.7 cm³/mol. The van der Waals surface area contributed by atoms with E-state index in [2.05, 4.69) is 10.2 Å². The van der Waals surface area contributed by atoms with Crippen molar-refractivity contribution in [2.45, 2.75) is 63.3 Å². The summed E-state index contributed by atoms with van der Waals surface area (Å²) in [4.78, 5) is 0. The lowest BCUT2D eigenvalue weighted by Gasteiger charge is -2.24. The molecule has 7 nitrogen and oxygen atoms in total. The molecular weight excluding hydrogens is 280 g/mol. The van der Waals surface area contributed by atoms with E-state index in [0.717, 1.165) is 25.9 Å². The Bertz CT molecular complexity index is 568. The number of hydrogen-bond acceptors (Lipinski definition) is 5. The second-order valence-corrected chi connectivity index (χ2v) is 7.58. The Morgan fingerprint density at radius 2 is 2.10 bits per heavy atom. The molecule has 1 atom stereocenters. The molecule has 1 aromatic rings. The number of rotatable bonds is 4. The number of sulfonamides is 1. The standard InChI is InChI=1S/C12H22N4O3S/c1-12(2,3)16-10(7-6-9-5-4-8-19-9)14-15-11(16)20(13,17)18/h9H,4-8H2,1-3H3,(H2,13,17,18). The smallest absolute Gasteiger partial charge is 0.273 e. The second kappa shape index (κ2) is 5.42. The molecule has 8 heteroatoms. The van der Waals surface area contributed by atoms with Gasteiger partial charge in [-0.3, -0.25) is 4.57 Å². The van der Waals surface area contributed by atoms with Gasteiger partial charge in [-0.05, 0) is 40.0 Å². The summed E-state index contributed by atoms with van der Waals surface area (Å²) < 4.78 is 30.4. The molecule has 0 saturated carbocycles. The minimum absolute atomic E-state index is 0.174. The molecule has 0 spiro atoms. The lowest BCUT2D eigenvalue weighted by Crippen LogP contribution is -2.30. The molecule has 0 aliphatic carbocycles. The highest BCUT2D eigenvalue weighted by Gasteiger charge is 2.29. The van der Waals surface area contributed by atoms with Gasteiger partial charge in [0.1, 0.15) is 5.82 Å².